The van der Waals surface area contributed by atoms with Crippen molar-refractivity contribution in [2.45, 2.75) is 51.3 Å². The van der Waals surface area contributed by atoms with Crippen molar-refractivity contribution in [2.24, 2.45) is 0 Å². The first-order valence-corrected chi connectivity index (χ1v) is 11.5. The molecule has 3 aromatic rings. The van der Waals surface area contributed by atoms with Crippen molar-refractivity contribution >= 4 is 23.0 Å². The van der Waals surface area contributed by atoms with Crippen LogP contribution >= 0.6 is 0 Å². The van der Waals surface area contributed by atoms with Gasteiger partial charge in [0.1, 0.15) is 12.6 Å². The van der Waals surface area contributed by atoms with Crippen LogP contribution in [0.1, 0.15) is 42.6 Å². The molecule has 0 fully saturated rings. The number of aliphatic carboxylic acids is 1. The van der Waals surface area contributed by atoms with E-state index < -0.39 is 18.1 Å². The van der Waals surface area contributed by atoms with E-state index in [1.54, 1.807) is 0 Å². The highest BCUT2D eigenvalue weighted by Crippen LogP contribution is 2.35. The van der Waals surface area contributed by atoms with Crippen LogP contribution < -0.4 is 5.32 Å². The van der Waals surface area contributed by atoms with Crippen LogP contribution in [-0.4, -0.2) is 41.0 Å². The number of ether oxygens (including phenoxy) is 2. The lowest BCUT2D eigenvalue weighted by molar-refractivity contribution is -0.140. The van der Waals surface area contributed by atoms with E-state index in [1.807, 2.05) is 66.1 Å². The zero-order chi connectivity index (χ0) is 23.2. The SMILES string of the molecule is CCC(C(=O)O)n1c2c(c3ccccc31)CC(NC(=O)OCCOCc1ccccc1)CC2. The second-order valence-electron chi connectivity index (χ2n) is 8.33. The van der Waals surface area contributed by atoms with Crippen molar-refractivity contribution in [3.63, 3.8) is 0 Å². The third-order valence-electron chi connectivity index (χ3n) is 6.19. The largest absolute Gasteiger partial charge is 0.480 e. The van der Waals surface area contributed by atoms with Crippen LogP contribution in [-0.2, 0) is 33.7 Å². The van der Waals surface area contributed by atoms with E-state index in [0.717, 1.165) is 34.1 Å². The summed E-state index contributed by atoms with van der Waals surface area (Å²) < 4.78 is 12.8. The van der Waals surface area contributed by atoms with Gasteiger partial charge in [0.2, 0.25) is 0 Å². The summed E-state index contributed by atoms with van der Waals surface area (Å²) in [6.07, 6.45) is 2.16. The number of aromatic nitrogens is 1. The van der Waals surface area contributed by atoms with Crippen molar-refractivity contribution in [2.75, 3.05) is 13.2 Å². The summed E-state index contributed by atoms with van der Waals surface area (Å²) in [6, 6.07) is 17.1. The summed E-state index contributed by atoms with van der Waals surface area (Å²) in [4.78, 5) is 24.2. The Morgan fingerprint density at radius 2 is 1.88 bits per heavy atom. The Balaban J connectivity index is 1.35. The fraction of sp³-hybridized carbons (Fsp3) is 0.385. The maximum atomic E-state index is 12.3. The van der Waals surface area contributed by atoms with Crippen LogP contribution in [0.15, 0.2) is 54.6 Å². The van der Waals surface area contributed by atoms with Crippen molar-refractivity contribution in [3.8, 4) is 0 Å². The number of carbonyl (C=O) groups excluding carboxylic acids is 1. The van der Waals surface area contributed by atoms with Gasteiger partial charge in [0, 0.05) is 22.6 Å². The van der Waals surface area contributed by atoms with Gasteiger partial charge in [0.15, 0.2) is 0 Å². The molecule has 2 unspecified atom stereocenters. The third-order valence-corrected chi connectivity index (χ3v) is 6.19. The summed E-state index contributed by atoms with van der Waals surface area (Å²) in [5.74, 6) is -0.820. The van der Waals surface area contributed by atoms with Crippen LogP contribution in [0.5, 0.6) is 0 Å². The number of para-hydroxylation sites is 1. The molecule has 2 N–H and O–H groups in total. The summed E-state index contributed by atoms with van der Waals surface area (Å²) >= 11 is 0. The number of amides is 1. The number of benzene rings is 2. The van der Waals surface area contributed by atoms with Gasteiger partial charge in [-0.25, -0.2) is 9.59 Å². The number of fused-ring (bicyclic) bond motifs is 3. The molecule has 0 saturated heterocycles. The van der Waals surface area contributed by atoms with E-state index in [2.05, 4.69) is 5.32 Å². The third kappa shape index (κ3) is 5.20. The van der Waals surface area contributed by atoms with Crippen LogP contribution in [0.25, 0.3) is 10.9 Å². The molecule has 0 radical (unpaired) electrons. The standard InChI is InChI=1S/C26H30N2O5/c1-2-22(25(29)30)28-23-11-7-6-10-20(23)21-16-19(12-13-24(21)28)27-26(31)33-15-14-32-17-18-8-4-3-5-9-18/h3-11,19,22H,2,12-17H2,1H3,(H,27,31)(H,29,30). The Labute approximate surface area is 193 Å². The number of rotatable bonds is 9. The molecule has 1 aliphatic carbocycles. The molecular formula is C26H30N2O5. The van der Waals surface area contributed by atoms with E-state index >= 15 is 0 Å². The predicted octanol–water partition coefficient (Wildman–Crippen LogP) is 4.48. The molecule has 2 atom stereocenters. The number of alkyl carbamates (subject to hydrolysis) is 1. The van der Waals surface area contributed by atoms with E-state index in [4.69, 9.17) is 9.47 Å². The zero-order valence-electron chi connectivity index (χ0n) is 18.8. The molecular weight excluding hydrogens is 420 g/mol. The van der Waals surface area contributed by atoms with Gasteiger partial charge < -0.3 is 24.5 Å². The minimum absolute atomic E-state index is 0.0561. The second kappa shape index (κ2) is 10.5. The lowest BCUT2D eigenvalue weighted by atomic mass is 9.91. The molecule has 33 heavy (non-hydrogen) atoms. The van der Waals surface area contributed by atoms with Gasteiger partial charge in [-0.2, -0.15) is 0 Å². The van der Waals surface area contributed by atoms with Gasteiger partial charge in [-0.1, -0.05) is 55.5 Å². The molecule has 1 heterocycles. The molecule has 1 amide bonds. The van der Waals surface area contributed by atoms with E-state index in [0.29, 0.717) is 32.5 Å². The number of nitrogens with one attached hydrogen (secondary N) is 1. The van der Waals surface area contributed by atoms with Crippen LogP contribution in [0.4, 0.5) is 4.79 Å². The molecule has 4 rings (SSSR count). The number of hydrogen-bond donors (Lipinski definition) is 2. The van der Waals surface area contributed by atoms with Crippen molar-refractivity contribution in [1.82, 2.24) is 9.88 Å². The number of hydrogen-bond acceptors (Lipinski definition) is 4. The lowest BCUT2D eigenvalue weighted by Gasteiger charge is -2.26. The number of carboxylic acids is 1. The highest BCUT2D eigenvalue weighted by Gasteiger charge is 2.30. The van der Waals surface area contributed by atoms with Crippen molar-refractivity contribution in [1.29, 1.82) is 0 Å². The van der Waals surface area contributed by atoms with Gasteiger partial charge in [0.05, 0.1) is 13.2 Å². The summed E-state index contributed by atoms with van der Waals surface area (Å²) in [5.41, 5.74) is 4.20. The first-order valence-electron chi connectivity index (χ1n) is 11.5. The fourth-order valence-electron chi connectivity index (χ4n) is 4.66. The van der Waals surface area contributed by atoms with E-state index in [9.17, 15) is 14.7 Å². The molecule has 174 valence electrons. The first kappa shape index (κ1) is 22.9. The molecule has 1 aromatic heterocycles. The summed E-state index contributed by atoms with van der Waals surface area (Å²) in [7, 11) is 0. The van der Waals surface area contributed by atoms with Crippen molar-refractivity contribution in [3.05, 3.63) is 71.4 Å². The highest BCUT2D eigenvalue weighted by molar-refractivity contribution is 5.88. The Morgan fingerprint density at radius 1 is 1.12 bits per heavy atom. The smallest absolute Gasteiger partial charge is 0.407 e. The Hall–Kier alpha value is -3.32. The lowest BCUT2D eigenvalue weighted by Crippen LogP contribution is -2.39. The number of carbonyl (C=O) groups is 2. The van der Waals surface area contributed by atoms with Gasteiger partial charge in [-0.15, -0.1) is 0 Å². The topological polar surface area (TPSA) is 89.8 Å². The monoisotopic (exact) mass is 450 g/mol. The minimum Gasteiger partial charge on any atom is -0.480 e. The highest BCUT2D eigenvalue weighted by atomic mass is 16.6. The number of carboxylic acid groups (broad SMARTS) is 1. The average molecular weight is 451 g/mol. The van der Waals surface area contributed by atoms with E-state index in [1.165, 1.54) is 0 Å². The molecule has 0 bridgehead atoms. The zero-order valence-corrected chi connectivity index (χ0v) is 18.8. The van der Waals surface area contributed by atoms with Crippen molar-refractivity contribution < 1.29 is 24.2 Å². The molecule has 2 aromatic carbocycles. The summed E-state index contributed by atoms with van der Waals surface area (Å²) in [5, 5.41) is 13.8. The van der Waals surface area contributed by atoms with Gasteiger partial charge >= 0.3 is 12.1 Å². The molecule has 1 aliphatic rings. The maximum Gasteiger partial charge on any atom is 0.407 e. The van der Waals surface area contributed by atoms with Crippen LogP contribution in [0, 0.1) is 0 Å². The summed E-state index contributed by atoms with van der Waals surface area (Å²) in [6.45, 7) is 2.90. The second-order valence-corrected chi connectivity index (χ2v) is 8.33. The van der Waals surface area contributed by atoms with Crippen LogP contribution in [0.2, 0.25) is 0 Å². The molecule has 7 heteroatoms. The van der Waals surface area contributed by atoms with Gasteiger partial charge in [-0.05, 0) is 42.9 Å². The van der Waals surface area contributed by atoms with Gasteiger partial charge in [-0.3, -0.25) is 0 Å². The van der Waals surface area contributed by atoms with Gasteiger partial charge in [0.25, 0.3) is 0 Å². The Morgan fingerprint density at radius 3 is 2.64 bits per heavy atom. The number of nitrogens with zero attached hydrogens (tertiary/aromatic N) is 1. The molecule has 0 aliphatic heterocycles. The first-order chi connectivity index (χ1) is 16.1. The quantitative estimate of drug-likeness (QED) is 0.469. The predicted molar refractivity (Wildman–Crippen MR) is 125 cm³/mol. The maximum absolute atomic E-state index is 12.3. The average Bonchev–Trinajstić information content (AvgIpc) is 3.14. The van der Waals surface area contributed by atoms with Crippen LogP contribution in [0.3, 0.4) is 0 Å². The fourth-order valence-corrected chi connectivity index (χ4v) is 4.66. The molecule has 7 nitrogen and oxygen atoms in total. The van der Waals surface area contributed by atoms with E-state index in [-0.39, 0.29) is 12.6 Å². The Bertz CT molecular complexity index is 1110. The Kier molecular flexibility index (Phi) is 7.29. The molecule has 0 saturated carbocycles. The molecule has 0 spiro atoms. The minimum atomic E-state index is -0.820. The normalized spacial score (nSPS) is 16.2.